The molecule has 0 saturated heterocycles. The molecule has 0 aliphatic heterocycles. The zero-order valence-corrected chi connectivity index (χ0v) is 12.3. The zero-order chi connectivity index (χ0) is 15.2. The van der Waals surface area contributed by atoms with E-state index in [1.54, 1.807) is 37.7 Å². The van der Waals surface area contributed by atoms with Gasteiger partial charge in [-0.15, -0.1) is 0 Å². The minimum Gasteiger partial charge on any atom is -0.497 e. The summed E-state index contributed by atoms with van der Waals surface area (Å²) >= 11 is 0. The summed E-state index contributed by atoms with van der Waals surface area (Å²) in [6.07, 6.45) is 4.13. The molecule has 112 valence electrons. The minimum absolute atomic E-state index is 0.167. The van der Waals surface area contributed by atoms with E-state index < -0.39 is 0 Å². The summed E-state index contributed by atoms with van der Waals surface area (Å²) in [6, 6.07) is 4.93. The Bertz CT molecular complexity index is 596. The monoisotopic (exact) mass is 289 g/mol. The van der Waals surface area contributed by atoms with Crippen LogP contribution in [0.5, 0.6) is 11.5 Å². The Labute approximate surface area is 123 Å². The van der Waals surface area contributed by atoms with Crippen LogP contribution >= 0.6 is 0 Å². The van der Waals surface area contributed by atoms with Crippen LogP contribution in [0.4, 0.5) is 0 Å². The van der Waals surface area contributed by atoms with Crippen LogP contribution in [0.2, 0.25) is 0 Å². The van der Waals surface area contributed by atoms with Crippen LogP contribution in [0.25, 0.3) is 0 Å². The first-order chi connectivity index (χ1) is 10.2. The van der Waals surface area contributed by atoms with Gasteiger partial charge in [0.2, 0.25) is 0 Å². The topological polar surface area (TPSA) is 76.2 Å². The van der Waals surface area contributed by atoms with Gasteiger partial charge in [0.25, 0.3) is 5.91 Å². The highest BCUT2D eigenvalue weighted by Crippen LogP contribution is 2.25. The number of hydrogen-bond donors (Lipinski definition) is 2. The second-order valence-electron chi connectivity index (χ2n) is 4.47. The lowest BCUT2D eigenvalue weighted by Gasteiger charge is -2.16. The molecule has 2 rings (SSSR count). The molecule has 6 nitrogen and oxygen atoms in total. The molecule has 21 heavy (non-hydrogen) atoms. The van der Waals surface area contributed by atoms with Crippen molar-refractivity contribution in [3.8, 4) is 11.5 Å². The van der Waals surface area contributed by atoms with Crippen LogP contribution in [0, 0.1) is 0 Å². The number of nitrogens with zero attached hydrogens (tertiary/aromatic N) is 1. The van der Waals surface area contributed by atoms with Gasteiger partial charge in [0.05, 0.1) is 25.8 Å². The van der Waals surface area contributed by atoms with Gasteiger partial charge in [-0.05, 0) is 18.6 Å². The predicted molar refractivity (Wildman–Crippen MR) is 78.6 cm³/mol. The van der Waals surface area contributed by atoms with E-state index in [9.17, 15) is 4.79 Å². The second kappa shape index (κ2) is 6.78. The molecule has 2 aromatic rings. The fourth-order valence-corrected chi connectivity index (χ4v) is 2.05. The van der Waals surface area contributed by atoms with Crippen molar-refractivity contribution in [1.29, 1.82) is 0 Å². The molecule has 0 aliphatic carbocycles. The van der Waals surface area contributed by atoms with Crippen LogP contribution in [0.15, 0.2) is 30.6 Å². The largest absolute Gasteiger partial charge is 0.497 e. The number of rotatable bonds is 6. The molecule has 1 atom stereocenters. The molecular weight excluding hydrogens is 270 g/mol. The number of carbonyl (C=O) groups excluding carboxylic acids is 1. The first-order valence-corrected chi connectivity index (χ1v) is 6.71. The molecule has 0 fully saturated rings. The Morgan fingerprint density at radius 2 is 2.19 bits per heavy atom. The number of aromatic nitrogens is 2. The molecule has 0 aliphatic rings. The van der Waals surface area contributed by atoms with E-state index in [1.165, 1.54) is 7.11 Å². The Morgan fingerprint density at radius 3 is 2.76 bits per heavy atom. The van der Waals surface area contributed by atoms with Crippen LogP contribution in [-0.2, 0) is 0 Å². The summed E-state index contributed by atoms with van der Waals surface area (Å²) in [5, 5.41) is 2.94. The number of methoxy groups -OCH3 is 2. The number of ether oxygens (including phenoxy) is 2. The summed E-state index contributed by atoms with van der Waals surface area (Å²) in [6.45, 7) is 1.98. The maximum atomic E-state index is 12.4. The van der Waals surface area contributed by atoms with Gasteiger partial charge in [-0.1, -0.05) is 6.92 Å². The van der Waals surface area contributed by atoms with E-state index in [0.717, 1.165) is 12.2 Å². The fourth-order valence-electron chi connectivity index (χ4n) is 2.05. The molecule has 1 aromatic carbocycles. The highest BCUT2D eigenvalue weighted by atomic mass is 16.5. The summed E-state index contributed by atoms with van der Waals surface area (Å²) in [5.41, 5.74) is 0.461. The van der Waals surface area contributed by atoms with E-state index in [4.69, 9.17) is 9.47 Å². The maximum Gasteiger partial charge on any atom is 0.255 e. The highest BCUT2D eigenvalue weighted by Gasteiger charge is 2.19. The minimum atomic E-state index is -0.210. The first-order valence-electron chi connectivity index (χ1n) is 6.71. The van der Waals surface area contributed by atoms with Gasteiger partial charge < -0.3 is 19.8 Å². The van der Waals surface area contributed by atoms with Crippen LogP contribution in [0.1, 0.15) is 35.6 Å². The van der Waals surface area contributed by atoms with E-state index >= 15 is 0 Å². The number of benzene rings is 1. The fraction of sp³-hybridized carbons (Fsp3) is 0.333. The van der Waals surface area contributed by atoms with Gasteiger partial charge in [-0.2, -0.15) is 0 Å². The van der Waals surface area contributed by atoms with Gasteiger partial charge in [0, 0.05) is 18.5 Å². The molecule has 1 aromatic heterocycles. The molecule has 1 amide bonds. The smallest absolute Gasteiger partial charge is 0.255 e. The van der Waals surface area contributed by atoms with Crippen molar-refractivity contribution in [2.45, 2.75) is 19.4 Å². The normalized spacial score (nSPS) is 11.8. The lowest BCUT2D eigenvalue weighted by atomic mass is 10.1. The number of hydrogen-bond acceptors (Lipinski definition) is 4. The number of H-pyrrole nitrogens is 1. The van der Waals surface area contributed by atoms with Crippen molar-refractivity contribution in [3.05, 3.63) is 42.0 Å². The maximum absolute atomic E-state index is 12.4. The molecule has 0 bridgehead atoms. The molecular formula is C15H19N3O3. The van der Waals surface area contributed by atoms with Gasteiger partial charge >= 0.3 is 0 Å². The lowest BCUT2D eigenvalue weighted by Crippen LogP contribution is -2.29. The standard InChI is InChI=1S/C15H19N3O3/c1-4-12(14-16-7-8-17-14)18-15(19)11-6-5-10(20-2)9-13(11)21-3/h5-9,12H,4H2,1-3H3,(H,16,17)(H,18,19). The van der Waals surface area contributed by atoms with Gasteiger partial charge in [0.1, 0.15) is 17.3 Å². The number of amides is 1. The van der Waals surface area contributed by atoms with Gasteiger partial charge in [0.15, 0.2) is 0 Å². The quantitative estimate of drug-likeness (QED) is 0.855. The zero-order valence-electron chi connectivity index (χ0n) is 12.3. The third kappa shape index (κ3) is 3.34. The number of imidazole rings is 1. The highest BCUT2D eigenvalue weighted by molar-refractivity contribution is 5.97. The predicted octanol–water partition coefficient (Wildman–Crippen LogP) is 2.31. The summed E-state index contributed by atoms with van der Waals surface area (Å²) < 4.78 is 10.4. The second-order valence-corrected chi connectivity index (χ2v) is 4.47. The molecule has 1 unspecified atom stereocenters. The van der Waals surface area contributed by atoms with Crippen molar-refractivity contribution in [2.24, 2.45) is 0 Å². The van der Waals surface area contributed by atoms with E-state index in [-0.39, 0.29) is 11.9 Å². The molecule has 0 spiro atoms. The molecule has 2 N–H and O–H groups in total. The molecule has 6 heteroatoms. The van der Waals surface area contributed by atoms with E-state index in [1.807, 2.05) is 6.92 Å². The van der Waals surface area contributed by atoms with Gasteiger partial charge in [-0.25, -0.2) is 4.98 Å². The van der Waals surface area contributed by atoms with E-state index in [0.29, 0.717) is 17.1 Å². The van der Waals surface area contributed by atoms with Crippen LogP contribution in [-0.4, -0.2) is 30.1 Å². The average molecular weight is 289 g/mol. The first kappa shape index (κ1) is 14.9. The Balaban J connectivity index is 2.19. The Hall–Kier alpha value is -2.50. The van der Waals surface area contributed by atoms with Crippen molar-refractivity contribution in [3.63, 3.8) is 0 Å². The Kier molecular flexibility index (Phi) is 4.81. The number of aromatic amines is 1. The summed E-state index contributed by atoms with van der Waals surface area (Å²) in [4.78, 5) is 19.6. The van der Waals surface area contributed by atoms with Gasteiger partial charge in [-0.3, -0.25) is 4.79 Å². The Morgan fingerprint density at radius 1 is 1.38 bits per heavy atom. The number of carbonyl (C=O) groups is 1. The van der Waals surface area contributed by atoms with Crippen molar-refractivity contribution < 1.29 is 14.3 Å². The van der Waals surface area contributed by atoms with E-state index in [2.05, 4.69) is 15.3 Å². The van der Waals surface area contributed by atoms with Crippen molar-refractivity contribution in [1.82, 2.24) is 15.3 Å². The third-order valence-corrected chi connectivity index (χ3v) is 3.22. The van der Waals surface area contributed by atoms with Crippen LogP contribution in [0.3, 0.4) is 0 Å². The SMILES string of the molecule is CCC(NC(=O)c1ccc(OC)cc1OC)c1ncc[nH]1. The van der Waals surface area contributed by atoms with Crippen molar-refractivity contribution >= 4 is 5.91 Å². The summed E-state index contributed by atoms with van der Waals surface area (Å²) in [7, 11) is 3.09. The third-order valence-electron chi connectivity index (χ3n) is 3.22. The summed E-state index contributed by atoms with van der Waals surface area (Å²) in [5.74, 6) is 1.64. The van der Waals surface area contributed by atoms with Crippen molar-refractivity contribution in [2.75, 3.05) is 14.2 Å². The molecule has 0 radical (unpaired) electrons. The average Bonchev–Trinajstić information content (AvgIpc) is 3.05. The lowest BCUT2D eigenvalue weighted by molar-refractivity contribution is 0.0930. The number of nitrogens with one attached hydrogen (secondary N) is 2. The molecule has 1 heterocycles. The van der Waals surface area contributed by atoms with Crippen LogP contribution < -0.4 is 14.8 Å². The molecule has 0 saturated carbocycles.